The summed E-state index contributed by atoms with van der Waals surface area (Å²) in [4.78, 5) is 215. The Kier molecular flexibility index (Phi) is 39.7. The van der Waals surface area contributed by atoms with E-state index < -0.39 is 117 Å². The molecule has 6 unspecified atom stereocenters. The molecule has 0 bridgehead atoms. The van der Waals surface area contributed by atoms with Crippen LogP contribution >= 0.6 is 0 Å². The zero-order valence-electron chi connectivity index (χ0n) is 63.4. The Morgan fingerprint density at radius 3 is 0.804 bits per heavy atom. The summed E-state index contributed by atoms with van der Waals surface area (Å²) < 4.78 is 0. The van der Waals surface area contributed by atoms with Crippen LogP contribution in [0.4, 0.5) is 0 Å². The Morgan fingerprint density at radius 2 is 0.569 bits per heavy atom. The second-order valence-electron chi connectivity index (χ2n) is 28.2. The van der Waals surface area contributed by atoms with Crippen molar-refractivity contribution in [1.82, 2.24) is 69.0 Å². The Balaban J connectivity index is 0.0000270. The van der Waals surface area contributed by atoms with Crippen LogP contribution in [0.25, 0.3) is 0 Å². The molecule has 3 N–H and O–H groups in total. The number of nitrogens with zero attached hydrogens (tertiary/aromatic N) is 13. The minimum Gasteiger partial charge on any atom is -0.368 e. The molecule has 29 heteroatoms. The Labute approximate surface area is 608 Å². The van der Waals surface area contributed by atoms with Crippen LogP contribution in [0.3, 0.4) is 0 Å². The van der Waals surface area contributed by atoms with Crippen molar-refractivity contribution in [3.8, 4) is 0 Å². The molecule has 6 atom stereocenters. The molecule has 0 aromatic rings. The van der Waals surface area contributed by atoms with Gasteiger partial charge in [-0.2, -0.15) is 0 Å². The summed E-state index contributed by atoms with van der Waals surface area (Å²) in [6.07, 6.45) is 8.56. The van der Waals surface area contributed by atoms with Crippen LogP contribution in [-0.2, 0) is 67.1 Å². The molecule has 0 aromatic heterocycles. The van der Waals surface area contributed by atoms with Crippen molar-refractivity contribution in [3.05, 3.63) is 0 Å². The first-order valence-corrected chi connectivity index (χ1v) is 37.7. The third kappa shape index (κ3) is 28.3. The monoisotopic (exact) mass is 1440 g/mol. The van der Waals surface area contributed by atoms with E-state index in [1.165, 1.54) is 44.1 Å². The van der Waals surface area contributed by atoms with Gasteiger partial charge >= 0.3 is 0 Å². The number of hydrogen-bond donors (Lipinski definition) is 2. The van der Waals surface area contributed by atoms with Gasteiger partial charge in [0.25, 0.3) is 0 Å². The van der Waals surface area contributed by atoms with E-state index in [0.29, 0.717) is 136 Å². The first kappa shape index (κ1) is 88.8. The van der Waals surface area contributed by atoms with Gasteiger partial charge in [-0.15, -0.1) is 0 Å². The Bertz CT molecular complexity index is 2790. The highest BCUT2D eigenvalue weighted by Gasteiger charge is 2.36. The predicted octanol–water partition coefficient (Wildman–Crippen LogP) is 3.00. The minimum atomic E-state index is -0.717. The summed E-state index contributed by atoms with van der Waals surface area (Å²) in [7, 11) is 0. The molecule has 4 rings (SSSR count). The van der Waals surface area contributed by atoms with E-state index in [9.17, 15) is 43.2 Å². The topological polar surface area (TPSA) is 319 Å². The summed E-state index contributed by atoms with van der Waals surface area (Å²) in [5, 5.41) is 3.22. The highest BCUT2D eigenvalue weighted by atomic mass is 16.2. The molecule has 4 aliphatic rings. The van der Waals surface area contributed by atoms with Gasteiger partial charge in [-0.1, -0.05) is 49.0 Å². The van der Waals surface area contributed by atoms with Gasteiger partial charge in [0, 0.05) is 140 Å². The Hall–Kier alpha value is -7.46. The van der Waals surface area contributed by atoms with E-state index in [-0.39, 0.29) is 127 Å². The van der Waals surface area contributed by atoms with Gasteiger partial charge in [0.1, 0.15) is 26.2 Å². The third-order valence-electron chi connectivity index (χ3n) is 20.8. The average molecular weight is 1440 g/mol. The van der Waals surface area contributed by atoms with Crippen LogP contribution in [0.2, 0.25) is 0 Å². The maximum atomic E-state index is 15.2. The zero-order valence-corrected chi connectivity index (χ0v) is 63.4. The van der Waals surface area contributed by atoms with Gasteiger partial charge in [-0.05, 0) is 131 Å². The van der Waals surface area contributed by atoms with Gasteiger partial charge in [0.15, 0.2) is 0 Å². The SMILES string of the molecule is C.CCC(C)NCC(=O)N(CC(=O)N(CCCN1CCCC1=O)CC(=O)N(CCCN1CCCC1=O)CC(=O)N(CC(=O)N(CC(=O)N(CCCN1CCCC1=O)CC(=O)N(CCCN1CCCC1=O)CC(=O)N(CC(=O)N(CC(N)=O)C(C)CC)C(C)CC)C(C)CC)C(C)CC)C(C)CC. The van der Waals surface area contributed by atoms with E-state index in [0.717, 1.165) is 6.42 Å². The lowest BCUT2D eigenvalue weighted by molar-refractivity contribution is -0.151. The van der Waals surface area contributed by atoms with Gasteiger partial charge in [-0.3, -0.25) is 67.1 Å². The molecule has 580 valence electrons. The number of primary amides is 1. The predicted molar refractivity (Wildman–Crippen MR) is 389 cm³/mol. The molecule has 4 heterocycles. The maximum absolute atomic E-state index is 15.2. The van der Waals surface area contributed by atoms with Gasteiger partial charge < -0.3 is 74.7 Å². The summed E-state index contributed by atoms with van der Waals surface area (Å²) in [5.41, 5.74) is 5.56. The van der Waals surface area contributed by atoms with Gasteiger partial charge in [-0.25, -0.2) is 0 Å². The highest BCUT2D eigenvalue weighted by molar-refractivity contribution is 5.95. The average Bonchev–Trinajstić information content (AvgIpc) is 1.37. The molecular weight excluding hydrogens is 1310 g/mol. The van der Waals surface area contributed by atoms with Crippen LogP contribution in [-0.4, -0.2) is 327 Å². The fourth-order valence-corrected chi connectivity index (χ4v) is 13.0. The van der Waals surface area contributed by atoms with E-state index in [1.54, 1.807) is 47.3 Å². The number of likely N-dealkylation sites (tertiary alicyclic amines) is 4. The fourth-order valence-electron chi connectivity index (χ4n) is 13.0. The molecule has 102 heavy (non-hydrogen) atoms. The van der Waals surface area contributed by atoms with Gasteiger partial charge in [0.05, 0.1) is 39.3 Å². The van der Waals surface area contributed by atoms with Crippen molar-refractivity contribution >= 4 is 82.7 Å². The fraction of sp³-hybridized carbons (Fsp3) is 0.808. The largest absolute Gasteiger partial charge is 0.368 e. The van der Waals surface area contributed by atoms with Crippen molar-refractivity contribution in [3.63, 3.8) is 0 Å². The minimum absolute atomic E-state index is 0. The normalized spacial score (nSPS) is 16.2. The van der Waals surface area contributed by atoms with Crippen molar-refractivity contribution < 1.29 is 67.1 Å². The lowest BCUT2D eigenvalue weighted by Crippen LogP contribution is -2.55. The van der Waals surface area contributed by atoms with E-state index >= 15 is 24.0 Å². The number of rotatable bonds is 48. The summed E-state index contributed by atoms with van der Waals surface area (Å²) in [5.74, 6) is -5.66. The lowest BCUT2D eigenvalue weighted by Gasteiger charge is -2.36. The standard InChI is InChI=1S/C72H125N15O14.CH4/c1-13-53(7)74-43-64(93)84(55(9)15-3)49-67(96)79(39-23-35-75-31-19-27-60(75)89)45-65(94)82(42-26-38-78-34-22-30-63(78)92)48-70(99)87(58(12)18-6)52-72(101)85(56(10)16-4)50-68(97)80(40-24-36-76-32-20-28-61(76)90)46-66(95)81(41-25-37-77-33-21-29-62(77)91)47-69(98)86(57(11)17-5)51-71(100)83(44-59(73)88)54(8)14-2;/h53-58,74H,13-52H2,1-12H3,(H2,73,88);1H4. The number of nitrogens with one attached hydrogen (secondary N) is 1. The zero-order chi connectivity index (χ0) is 75.0. The van der Waals surface area contributed by atoms with Crippen LogP contribution in [0.5, 0.6) is 0 Å². The van der Waals surface area contributed by atoms with Gasteiger partial charge in [0.2, 0.25) is 82.7 Å². The second-order valence-corrected chi connectivity index (χ2v) is 28.2. The smallest absolute Gasteiger partial charge is 0.242 e. The van der Waals surface area contributed by atoms with Crippen molar-refractivity contribution in [2.75, 3.05) is 144 Å². The molecule has 0 radical (unpaired) electrons. The number of carbonyl (C=O) groups is 14. The first-order valence-electron chi connectivity index (χ1n) is 37.7. The molecule has 0 aliphatic carbocycles. The molecule has 0 saturated carbocycles. The second kappa shape index (κ2) is 45.6. The highest BCUT2D eigenvalue weighted by Crippen LogP contribution is 2.19. The van der Waals surface area contributed by atoms with Crippen molar-refractivity contribution in [2.45, 2.75) is 242 Å². The number of hydrogen-bond acceptors (Lipinski definition) is 15. The molecule has 0 aromatic carbocycles. The third-order valence-corrected chi connectivity index (χ3v) is 20.8. The van der Waals surface area contributed by atoms with E-state index in [4.69, 9.17) is 5.73 Å². The summed E-state index contributed by atoms with van der Waals surface area (Å²) in [6, 6.07) is -2.30. The molecule has 0 spiro atoms. The van der Waals surface area contributed by atoms with Crippen LogP contribution in [0.1, 0.15) is 206 Å². The Morgan fingerprint density at radius 1 is 0.343 bits per heavy atom. The van der Waals surface area contributed by atoms with Crippen molar-refractivity contribution in [2.24, 2.45) is 5.73 Å². The molecule has 14 amide bonds. The molecule has 4 saturated heterocycles. The van der Waals surface area contributed by atoms with Crippen LogP contribution < -0.4 is 11.1 Å². The number of nitrogens with two attached hydrogens (primary N) is 1. The molecule has 4 fully saturated rings. The van der Waals surface area contributed by atoms with Crippen LogP contribution in [0, 0.1) is 0 Å². The lowest BCUT2D eigenvalue weighted by atomic mass is 10.1. The van der Waals surface area contributed by atoms with Crippen molar-refractivity contribution in [1.29, 1.82) is 0 Å². The first-order chi connectivity index (χ1) is 48.0. The quantitative estimate of drug-likeness (QED) is 0.0885. The maximum Gasteiger partial charge on any atom is 0.242 e. The van der Waals surface area contributed by atoms with E-state index in [1.807, 2.05) is 55.4 Å². The number of carbonyl (C=O) groups excluding carboxylic acids is 14. The molecular formula is C73H129N15O14. The molecule has 4 aliphatic heterocycles. The number of amides is 14. The van der Waals surface area contributed by atoms with E-state index in [2.05, 4.69) is 5.32 Å². The van der Waals surface area contributed by atoms with Crippen LogP contribution in [0.15, 0.2) is 0 Å². The molecule has 29 nitrogen and oxygen atoms in total. The summed E-state index contributed by atoms with van der Waals surface area (Å²) >= 11 is 0. The summed E-state index contributed by atoms with van der Waals surface area (Å²) in [6.45, 7) is 21.5.